The first-order valence-electron chi connectivity index (χ1n) is 10.8. The topological polar surface area (TPSA) is 101 Å². The number of benzene rings is 1. The van der Waals surface area contributed by atoms with Crippen molar-refractivity contribution in [1.82, 2.24) is 30.3 Å². The van der Waals surface area contributed by atoms with E-state index in [9.17, 15) is 9.59 Å². The fourth-order valence-electron chi connectivity index (χ4n) is 4.30. The number of hydrogen-bond acceptors (Lipinski definition) is 6. The van der Waals surface area contributed by atoms with E-state index in [-0.39, 0.29) is 11.8 Å². The highest BCUT2D eigenvalue weighted by molar-refractivity contribution is 5.90. The number of nitrogens with zero attached hydrogens (tertiary/aromatic N) is 4. The lowest BCUT2D eigenvalue weighted by Gasteiger charge is -2.22. The van der Waals surface area contributed by atoms with E-state index in [2.05, 4.69) is 56.3 Å². The van der Waals surface area contributed by atoms with Gasteiger partial charge < -0.3 is 19.9 Å². The third-order valence-corrected chi connectivity index (χ3v) is 6.18. The van der Waals surface area contributed by atoms with Gasteiger partial charge in [-0.3, -0.25) is 14.5 Å². The van der Waals surface area contributed by atoms with Crippen LogP contribution in [0.3, 0.4) is 0 Å². The Hall–Kier alpha value is -2.94. The second-order valence-corrected chi connectivity index (χ2v) is 8.34. The van der Waals surface area contributed by atoms with Crippen LogP contribution in [0.2, 0.25) is 0 Å². The molecule has 1 fully saturated rings. The molecule has 0 radical (unpaired) electrons. The number of aromatic nitrogens is 3. The average molecular weight is 427 g/mol. The monoisotopic (exact) mass is 426 g/mol. The van der Waals surface area contributed by atoms with Crippen LogP contribution in [0, 0.1) is 13.8 Å². The minimum absolute atomic E-state index is 0.0705. The van der Waals surface area contributed by atoms with E-state index in [1.54, 1.807) is 7.11 Å². The third-order valence-electron chi connectivity index (χ3n) is 6.18. The Morgan fingerprint density at radius 1 is 1.19 bits per heavy atom. The summed E-state index contributed by atoms with van der Waals surface area (Å²) in [5.41, 5.74) is 3.68. The lowest BCUT2D eigenvalue weighted by molar-refractivity contribution is -0.125. The number of ether oxygens (including phenoxy) is 1. The molecule has 1 atom stereocenters. The fraction of sp³-hybridized carbons (Fsp3) is 0.545. The number of carbonyl (C=O) groups excluding carboxylic acids is 2. The zero-order valence-corrected chi connectivity index (χ0v) is 18.4. The maximum atomic E-state index is 12.3. The van der Waals surface area contributed by atoms with E-state index in [1.165, 1.54) is 11.1 Å². The van der Waals surface area contributed by atoms with Crippen LogP contribution in [0.25, 0.3) is 0 Å². The summed E-state index contributed by atoms with van der Waals surface area (Å²) in [5.74, 6) is 2.39. The number of hydrogen-bond donors (Lipinski definition) is 2. The molecule has 2 N–H and O–H groups in total. The summed E-state index contributed by atoms with van der Waals surface area (Å²) in [4.78, 5) is 26.0. The van der Waals surface area contributed by atoms with Gasteiger partial charge in [0.25, 0.3) is 0 Å². The van der Waals surface area contributed by atoms with Gasteiger partial charge in [0.05, 0.1) is 13.7 Å². The number of methoxy groups -OCH3 is 1. The van der Waals surface area contributed by atoms with Crippen LogP contribution >= 0.6 is 0 Å². The summed E-state index contributed by atoms with van der Waals surface area (Å²) in [6.45, 7) is 7.96. The first kappa shape index (κ1) is 21.3. The van der Waals surface area contributed by atoms with Crippen molar-refractivity contribution in [3.63, 3.8) is 0 Å². The number of fused-ring (bicyclic) bond motifs is 1. The molecule has 4 rings (SSSR count). The number of rotatable bonds is 6. The molecule has 0 aliphatic carbocycles. The summed E-state index contributed by atoms with van der Waals surface area (Å²) in [7, 11) is 1.70. The van der Waals surface area contributed by atoms with E-state index in [4.69, 9.17) is 4.74 Å². The normalized spacial score (nSPS) is 18.9. The minimum Gasteiger partial charge on any atom is -0.496 e. The molecule has 9 nitrogen and oxygen atoms in total. The van der Waals surface area contributed by atoms with Gasteiger partial charge >= 0.3 is 0 Å². The Morgan fingerprint density at radius 3 is 2.77 bits per heavy atom. The zero-order valence-electron chi connectivity index (χ0n) is 18.4. The Kier molecular flexibility index (Phi) is 6.22. The summed E-state index contributed by atoms with van der Waals surface area (Å²) in [6.07, 6.45) is 1.76. The SMILES string of the molecule is COc1cc(C)c(CN2CCc3nnc(CNC(=O)C4CCC(=O)N4)n3CC2)cc1C. The molecule has 2 aromatic rings. The van der Waals surface area contributed by atoms with Crippen molar-refractivity contribution in [2.45, 2.75) is 58.8 Å². The van der Waals surface area contributed by atoms with Crippen LogP contribution in [0.15, 0.2) is 12.1 Å². The smallest absolute Gasteiger partial charge is 0.242 e. The highest BCUT2D eigenvalue weighted by Gasteiger charge is 2.27. The van der Waals surface area contributed by atoms with Crippen LogP contribution in [0.5, 0.6) is 5.75 Å². The molecule has 1 saturated heterocycles. The van der Waals surface area contributed by atoms with Crippen molar-refractivity contribution >= 4 is 11.8 Å². The number of carbonyl (C=O) groups is 2. The van der Waals surface area contributed by atoms with Crippen LogP contribution in [0.1, 0.15) is 41.2 Å². The molecular weight excluding hydrogens is 396 g/mol. The number of nitrogens with one attached hydrogen (secondary N) is 2. The van der Waals surface area contributed by atoms with Crippen LogP contribution in [-0.2, 0) is 35.6 Å². The van der Waals surface area contributed by atoms with Gasteiger partial charge in [-0.2, -0.15) is 0 Å². The third kappa shape index (κ3) is 4.71. The second-order valence-electron chi connectivity index (χ2n) is 8.34. The molecule has 3 heterocycles. The standard InChI is InChI=1S/C22H30N6O3/c1-14-11-18(31-3)15(2)10-16(14)13-27-7-6-19-25-26-20(28(19)9-8-27)12-23-22(30)17-4-5-21(29)24-17/h10-11,17H,4-9,12-13H2,1-3H3,(H,23,30)(H,24,29). The molecule has 166 valence electrons. The van der Waals surface area contributed by atoms with Gasteiger partial charge in [-0.15, -0.1) is 10.2 Å². The van der Waals surface area contributed by atoms with Crippen molar-refractivity contribution < 1.29 is 14.3 Å². The number of aryl methyl sites for hydroxylation is 2. The van der Waals surface area contributed by atoms with Gasteiger partial charge in [0.15, 0.2) is 5.82 Å². The van der Waals surface area contributed by atoms with Crippen molar-refractivity contribution in [2.24, 2.45) is 0 Å². The molecule has 9 heteroatoms. The molecule has 2 amide bonds. The Balaban J connectivity index is 1.36. The lowest BCUT2D eigenvalue weighted by Crippen LogP contribution is -2.41. The van der Waals surface area contributed by atoms with E-state index >= 15 is 0 Å². The summed E-state index contributed by atoms with van der Waals surface area (Å²) in [5, 5.41) is 14.2. The summed E-state index contributed by atoms with van der Waals surface area (Å²) < 4.78 is 7.54. The van der Waals surface area contributed by atoms with Crippen molar-refractivity contribution in [1.29, 1.82) is 0 Å². The molecule has 0 bridgehead atoms. The molecule has 2 aliphatic rings. The molecule has 1 aromatic heterocycles. The van der Waals surface area contributed by atoms with E-state index < -0.39 is 6.04 Å². The number of amides is 2. The molecular formula is C22H30N6O3. The highest BCUT2D eigenvalue weighted by atomic mass is 16.5. The molecule has 1 unspecified atom stereocenters. The van der Waals surface area contributed by atoms with E-state index in [1.807, 2.05) is 0 Å². The largest absolute Gasteiger partial charge is 0.496 e. The Morgan fingerprint density at radius 2 is 2.03 bits per heavy atom. The Labute approximate surface area is 182 Å². The second kappa shape index (κ2) is 9.05. The summed E-state index contributed by atoms with van der Waals surface area (Å²) >= 11 is 0. The van der Waals surface area contributed by atoms with E-state index in [0.717, 1.165) is 55.6 Å². The molecule has 0 saturated carbocycles. The van der Waals surface area contributed by atoms with Gasteiger partial charge in [-0.25, -0.2) is 0 Å². The van der Waals surface area contributed by atoms with Crippen molar-refractivity contribution in [3.8, 4) is 5.75 Å². The molecule has 2 aliphatic heterocycles. The quantitative estimate of drug-likeness (QED) is 0.710. The predicted molar refractivity (Wildman–Crippen MR) is 114 cm³/mol. The van der Waals surface area contributed by atoms with Crippen molar-refractivity contribution in [2.75, 3.05) is 20.2 Å². The van der Waals surface area contributed by atoms with Gasteiger partial charge in [-0.1, -0.05) is 6.07 Å². The first-order chi connectivity index (χ1) is 14.9. The maximum absolute atomic E-state index is 12.3. The van der Waals surface area contributed by atoms with Gasteiger partial charge in [0.2, 0.25) is 11.8 Å². The molecule has 0 spiro atoms. The Bertz CT molecular complexity index is 986. The molecule has 1 aromatic carbocycles. The lowest BCUT2D eigenvalue weighted by atomic mass is 10.0. The van der Waals surface area contributed by atoms with E-state index in [0.29, 0.717) is 19.4 Å². The zero-order chi connectivity index (χ0) is 22.0. The fourth-order valence-corrected chi connectivity index (χ4v) is 4.30. The van der Waals surface area contributed by atoms with Crippen molar-refractivity contribution in [3.05, 3.63) is 40.5 Å². The van der Waals surface area contributed by atoms with Crippen LogP contribution < -0.4 is 15.4 Å². The van der Waals surface area contributed by atoms with Gasteiger partial charge in [0.1, 0.15) is 17.6 Å². The molecule has 31 heavy (non-hydrogen) atoms. The van der Waals surface area contributed by atoms with Gasteiger partial charge in [-0.05, 0) is 43.0 Å². The summed E-state index contributed by atoms with van der Waals surface area (Å²) in [6, 6.07) is 3.87. The van der Waals surface area contributed by atoms with Gasteiger partial charge in [0, 0.05) is 39.0 Å². The maximum Gasteiger partial charge on any atom is 0.242 e. The minimum atomic E-state index is -0.439. The van der Waals surface area contributed by atoms with Crippen LogP contribution in [0.4, 0.5) is 0 Å². The predicted octanol–water partition coefficient (Wildman–Crippen LogP) is 0.857. The average Bonchev–Trinajstić information content (AvgIpc) is 3.30. The highest BCUT2D eigenvalue weighted by Crippen LogP contribution is 2.24. The van der Waals surface area contributed by atoms with Crippen LogP contribution in [-0.4, -0.2) is 57.7 Å². The first-order valence-corrected chi connectivity index (χ1v) is 10.8.